The fourth-order valence-electron chi connectivity index (χ4n) is 3.19. The summed E-state index contributed by atoms with van der Waals surface area (Å²) in [5.74, 6) is -0.281. The van der Waals surface area contributed by atoms with Crippen LogP contribution < -0.4 is 4.74 Å². The van der Waals surface area contributed by atoms with E-state index in [9.17, 15) is 9.90 Å². The second-order valence-corrected chi connectivity index (χ2v) is 8.17. The van der Waals surface area contributed by atoms with Gasteiger partial charge >= 0.3 is 5.97 Å². The maximum atomic E-state index is 12.9. The van der Waals surface area contributed by atoms with Gasteiger partial charge in [-0.05, 0) is 74.2 Å². The molecule has 0 aliphatic carbocycles. The topological polar surface area (TPSA) is 46.5 Å². The molecule has 0 fully saturated rings. The van der Waals surface area contributed by atoms with Crippen LogP contribution in [0.4, 0.5) is 0 Å². The minimum Gasteiger partial charge on any atom is -0.507 e. The van der Waals surface area contributed by atoms with Crippen LogP contribution in [0.25, 0.3) is 11.1 Å². The molecule has 0 heterocycles. The van der Waals surface area contributed by atoms with Crippen LogP contribution in [-0.2, 0) is 0 Å². The molecule has 3 nitrogen and oxygen atoms in total. The number of halogens is 3. The first-order valence-corrected chi connectivity index (χ1v) is 10.0. The Balaban J connectivity index is 2.18. The molecule has 0 spiro atoms. The molecule has 0 unspecified atom stereocenters. The van der Waals surface area contributed by atoms with Crippen LogP contribution in [0.15, 0.2) is 36.4 Å². The van der Waals surface area contributed by atoms with Crippen molar-refractivity contribution in [2.75, 3.05) is 0 Å². The number of benzene rings is 3. The fraction of sp³-hybridized carbons (Fsp3) is 0.174. The molecule has 0 radical (unpaired) electrons. The zero-order chi connectivity index (χ0) is 21.5. The number of phenols is 1. The van der Waals surface area contributed by atoms with Crippen LogP contribution >= 0.6 is 34.8 Å². The Hall–Kier alpha value is -2.20. The van der Waals surface area contributed by atoms with Crippen molar-refractivity contribution in [2.45, 2.75) is 27.7 Å². The summed E-state index contributed by atoms with van der Waals surface area (Å²) in [6, 6.07) is 9.91. The summed E-state index contributed by atoms with van der Waals surface area (Å²) in [5.41, 5.74) is 5.13. The number of aromatic hydroxyl groups is 1. The third kappa shape index (κ3) is 4.09. The minimum atomic E-state index is -0.703. The Labute approximate surface area is 184 Å². The summed E-state index contributed by atoms with van der Waals surface area (Å²) in [5, 5.41) is 11.1. The summed E-state index contributed by atoms with van der Waals surface area (Å²) in [4.78, 5) is 12.9. The molecule has 29 heavy (non-hydrogen) atoms. The molecule has 6 heteroatoms. The zero-order valence-corrected chi connectivity index (χ0v) is 18.6. The van der Waals surface area contributed by atoms with Gasteiger partial charge in [-0.2, -0.15) is 0 Å². The van der Waals surface area contributed by atoms with Crippen molar-refractivity contribution in [2.24, 2.45) is 0 Å². The number of aryl methyl sites for hydroxylation is 2. The molecule has 0 aromatic heterocycles. The molecule has 0 atom stereocenters. The number of esters is 1. The summed E-state index contributed by atoms with van der Waals surface area (Å²) in [6.07, 6.45) is 0. The Morgan fingerprint density at radius 1 is 0.828 bits per heavy atom. The van der Waals surface area contributed by atoms with E-state index in [-0.39, 0.29) is 21.4 Å². The molecule has 0 aliphatic rings. The van der Waals surface area contributed by atoms with E-state index < -0.39 is 5.97 Å². The smallest absolute Gasteiger partial charge is 0.346 e. The highest BCUT2D eigenvalue weighted by atomic mass is 35.5. The molecule has 0 saturated carbocycles. The molecule has 150 valence electrons. The van der Waals surface area contributed by atoms with E-state index in [1.54, 1.807) is 12.1 Å². The molecular formula is C23H19Cl3O3. The molecule has 0 bridgehead atoms. The number of hydrogen-bond acceptors (Lipinski definition) is 3. The van der Waals surface area contributed by atoms with Gasteiger partial charge in [0.15, 0.2) is 0 Å². The van der Waals surface area contributed by atoms with E-state index in [1.165, 1.54) is 12.1 Å². The van der Waals surface area contributed by atoms with Gasteiger partial charge in [0.2, 0.25) is 0 Å². The first-order valence-electron chi connectivity index (χ1n) is 8.88. The Morgan fingerprint density at radius 2 is 1.34 bits per heavy atom. The van der Waals surface area contributed by atoms with Crippen molar-refractivity contribution in [1.29, 1.82) is 0 Å². The third-order valence-electron chi connectivity index (χ3n) is 5.08. The van der Waals surface area contributed by atoms with Crippen LogP contribution in [0.2, 0.25) is 15.1 Å². The number of rotatable bonds is 3. The Morgan fingerprint density at radius 3 is 1.93 bits per heavy atom. The standard InChI is InChI=1S/C23H19Cl3O3/c1-11-5-7-18(27)20(13(11)3)21-14(4)12(2)6-8-19(21)29-23(28)22-16(25)9-15(24)10-17(22)26/h5-10,27H,1-4H3. The van der Waals surface area contributed by atoms with Crippen molar-refractivity contribution in [3.8, 4) is 22.6 Å². The summed E-state index contributed by atoms with van der Waals surface area (Å²) in [6.45, 7) is 7.76. The highest BCUT2D eigenvalue weighted by molar-refractivity contribution is 6.41. The second kappa shape index (κ2) is 8.27. The third-order valence-corrected chi connectivity index (χ3v) is 5.89. The predicted octanol–water partition coefficient (Wildman–Crippen LogP) is 7.47. The van der Waals surface area contributed by atoms with E-state index in [2.05, 4.69) is 0 Å². The first kappa shape index (κ1) is 21.5. The lowest BCUT2D eigenvalue weighted by Crippen LogP contribution is -2.11. The lowest BCUT2D eigenvalue weighted by Gasteiger charge is -2.19. The van der Waals surface area contributed by atoms with E-state index in [0.29, 0.717) is 21.9 Å². The molecule has 0 amide bonds. The van der Waals surface area contributed by atoms with Gasteiger partial charge in [0.25, 0.3) is 0 Å². The van der Waals surface area contributed by atoms with Gasteiger partial charge in [0.1, 0.15) is 11.5 Å². The molecule has 0 saturated heterocycles. The minimum absolute atomic E-state index is 0.0343. The average molecular weight is 450 g/mol. The van der Waals surface area contributed by atoms with Crippen molar-refractivity contribution in [3.05, 3.63) is 79.3 Å². The Kier molecular flexibility index (Phi) is 6.13. The number of carbonyl (C=O) groups excluding carboxylic acids is 1. The molecule has 0 aliphatic heterocycles. The van der Waals surface area contributed by atoms with Crippen LogP contribution in [0.5, 0.6) is 11.5 Å². The van der Waals surface area contributed by atoms with E-state index >= 15 is 0 Å². The predicted molar refractivity (Wildman–Crippen MR) is 119 cm³/mol. The number of phenolic OH excluding ortho intramolecular Hbond substituents is 1. The highest BCUT2D eigenvalue weighted by Gasteiger charge is 2.23. The average Bonchev–Trinajstić information content (AvgIpc) is 2.63. The van der Waals surface area contributed by atoms with Crippen molar-refractivity contribution in [1.82, 2.24) is 0 Å². The molecule has 3 aromatic carbocycles. The van der Waals surface area contributed by atoms with Gasteiger partial charge in [-0.15, -0.1) is 0 Å². The SMILES string of the molecule is Cc1ccc(O)c(-c2c(OC(=O)c3c(Cl)cc(Cl)cc3Cl)ccc(C)c2C)c1C. The second-order valence-electron chi connectivity index (χ2n) is 6.92. The van der Waals surface area contributed by atoms with Crippen LogP contribution in [0.1, 0.15) is 32.6 Å². The summed E-state index contributed by atoms with van der Waals surface area (Å²) in [7, 11) is 0. The molecular weight excluding hydrogens is 431 g/mol. The Bertz CT molecular complexity index is 1110. The summed E-state index contributed by atoms with van der Waals surface area (Å²) >= 11 is 18.3. The lowest BCUT2D eigenvalue weighted by atomic mass is 9.90. The van der Waals surface area contributed by atoms with Gasteiger partial charge in [-0.1, -0.05) is 46.9 Å². The largest absolute Gasteiger partial charge is 0.507 e. The van der Waals surface area contributed by atoms with Gasteiger partial charge in [-0.3, -0.25) is 0 Å². The number of hydrogen-bond donors (Lipinski definition) is 1. The summed E-state index contributed by atoms with van der Waals surface area (Å²) < 4.78 is 5.71. The molecule has 1 N–H and O–H groups in total. The maximum Gasteiger partial charge on any atom is 0.346 e. The number of carbonyl (C=O) groups is 1. The van der Waals surface area contributed by atoms with Crippen molar-refractivity contribution < 1.29 is 14.6 Å². The maximum absolute atomic E-state index is 12.9. The number of ether oxygens (including phenoxy) is 1. The van der Waals surface area contributed by atoms with Gasteiger partial charge in [0.05, 0.1) is 15.6 Å². The van der Waals surface area contributed by atoms with Gasteiger partial charge in [-0.25, -0.2) is 4.79 Å². The molecule has 3 aromatic rings. The van der Waals surface area contributed by atoms with Gasteiger partial charge < -0.3 is 9.84 Å². The first-order chi connectivity index (χ1) is 13.6. The zero-order valence-electron chi connectivity index (χ0n) is 16.4. The van der Waals surface area contributed by atoms with Crippen LogP contribution in [-0.4, -0.2) is 11.1 Å². The van der Waals surface area contributed by atoms with E-state index in [0.717, 1.165) is 22.3 Å². The monoisotopic (exact) mass is 448 g/mol. The normalized spacial score (nSPS) is 10.9. The van der Waals surface area contributed by atoms with Gasteiger partial charge in [0, 0.05) is 16.1 Å². The van der Waals surface area contributed by atoms with E-state index in [1.807, 2.05) is 39.8 Å². The van der Waals surface area contributed by atoms with Crippen molar-refractivity contribution >= 4 is 40.8 Å². The van der Waals surface area contributed by atoms with E-state index in [4.69, 9.17) is 39.5 Å². The highest BCUT2D eigenvalue weighted by Crippen LogP contribution is 2.43. The molecule has 3 rings (SSSR count). The lowest BCUT2D eigenvalue weighted by molar-refractivity contribution is 0.0736. The van der Waals surface area contributed by atoms with Crippen molar-refractivity contribution in [3.63, 3.8) is 0 Å². The van der Waals surface area contributed by atoms with Crippen LogP contribution in [0.3, 0.4) is 0 Å². The quantitative estimate of drug-likeness (QED) is 0.333. The van der Waals surface area contributed by atoms with Crippen LogP contribution in [0, 0.1) is 27.7 Å². The fourth-order valence-corrected chi connectivity index (χ4v) is 4.16.